The van der Waals surface area contributed by atoms with Gasteiger partial charge in [-0.25, -0.2) is 4.79 Å². The number of hydrogen-bond acceptors (Lipinski definition) is 3. The molecule has 3 rings (SSSR count). The Morgan fingerprint density at radius 1 is 1.06 bits per heavy atom. The fraction of sp³-hybridized carbons (Fsp3) is 0.533. The minimum Gasteiger partial charge on any atom is -0.459 e. The molecule has 18 heavy (non-hydrogen) atoms. The lowest BCUT2D eigenvalue weighted by atomic mass is 10.1. The molecule has 1 saturated carbocycles. The maximum absolute atomic E-state index is 11.9. The van der Waals surface area contributed by atoms with E-state index < -0.39 is 0 Å². The normalized spacial score (nSPS) is 21.8. The van der Waals surface area contributed by atoms with Crippen molar-refractivity contribution in [1.82, 2.24) is 4.90 Å². The van der Waals surface area contributed by atoms with Crippen LogP contribution in [-0.4, -0.2) is 36.1 Å². The summed E-state index contributed by atoms with van der Waals surface area (Å²) in [6.45, 7) is 2.16. The van der Waals surface area contributed by atoms with E-state index in [-0.39, 0.29) is 12.1 Å². The van der Waals surface area contributed by atoms with E-state index >= 15 is 0 Å². The van der Waals surface area contributed by atoms with Crippen molar-refractivity contribution in [1.29, 1.82) is 0 Å². The number of carbonyl (C=O) groups is 1. The minimum atomic E-state index is -0.180. The molecule has 2 aliphatic rings. The van der Waals surface area contributed by atoms with Crippen LogP contribution in [0.15, 0.2) is 30.3 Å². The fourth-order valence-electron chi connectivity index (χ4n) is 2.59. The lowest BCUT2D eigenvalue weighted by molar-refractivity contribution is 0.0104. The van der Waals surface area contributed by atoms with Crippen molar-refractivity contribution in [3.05, 3.63) is 35.9 Å². The largest absolute Gasteiger partial charge is 0.459 e. The van der Waals surface area contributed by atoms with E-state index in [1.54, 1.807) is 0 Å². The molecule has 96 valence electrons. The topological polar surface area (TPSA) is 29.5 Å². The second-order valence-electron chi connectivity index (χ2n) is 5.24. The van der Waals surface area contributed by atoms with Crippen LogP contribution in [-0.2, 0) is 4.74 Å². The third-order valence-corrected chi connectivity index (χ3v) is 3.82. The van der Waals surface area contributed by atoms with E-state index in [9.17, 15) is 4.79 Å². The summed E-state index contributed by atoms with van der Waals surface area (Å²) in [5.74, 6) is -0.180. The van der Waals surface area contributed by atoms with Crippen molar-refractivity contribution in [2.24, 2.45) is 0 Å². The van der Waals surface area contributed by atoms with Gasteiger partial charge in [0.15, 0.2) is 0 Å². The molecule has 1 aromatic carbocycles. The van der Waals surface area contributed by atoms with Gasteiger partial charge in [0.05, 0.1) is 5.56 Å². The van der Waals surface area contributed by atoms with Crippen molar-refractivity contribution >= 4 is 5.97 Å². The molecule has 0 unspecified atom stereocenters. The Labute approximate surface area is 108 Å². The highest BCUT2D eigenvalue weighted by Gasteiger charge is 2.32. The monoisotopic (exact) mass is 245 g/mol. The van der Waals surface area contributed by atoms with Crippen LogP contribution in [0.25, 0.3) is 0 Å². The summed E-state index contributed by atoms with van der Waals surface area (Å²) in [7, 11) is 0. The Kier molecular flexibility index (Phi) is 3.33. The number of nitrogens with zero attached hydrogens (tertiary/aromatic N) is 1. The van der Waals surface area contributed by atoms with Gasteiger partial charge in [0, 0.05) is 19.1 Å². The van der Waals surface area contributed by atoms with Crippen molar-refractivity contribution < 1.29 is 9.53 Å². The van der Waals surface area contributed by atoms with E-state index in [0.717, 1.165) is 32.0 Å². The average molecular weight is 245 g/mol. The predicted octanol–water partition coefficient (Wildman–Crippen LogP) is 2.47. The molecule has 3 heteroatoms. The first kappa shape index (κ1) is 11.7. The van der Waals surface area contributed by atoms with Gasteiger partial charge in [0.2, 0.25) is 0 Å². The number of esters is 1. The zero-order chi connectivity index (χ0) is 12.4. The highest BCUT2D eigenvalue weighted by molar-refractivity contribution is 5.89. The lowest BCUT2D eigenvalue weighted by Crippen LogP contribution is -2.39. The molecule has 0 N–H and O–H groups in total. The Balaban J connectivity index is 1.50. The standard InChI is InChI=1S/C15H19NO2/c17-15(12-4-2-1-3-5-12)18-14-8-10-16(11-9-14)13-6-7-13/h1-5,13-14H,6-11H2. The van der Waals surface area contributed by atoms with Crippen LogP contribution < -0.4 is 0 Å². The number of piperidine rings is 1. The second-order valence-corrected chi connectivity index (χ2v) is 5.24. The van der Waals surface area contributed by atoms with Gasteiger partial charge in [-0.15, -0.1) is 0 Å². The molecule has 1 heterocycles. The second kappa shape index (κ2) is 5.11. The highest BCUT2D eigenvalue weighted by Crippen LogP contribution is 2.30. The van der Waals surface area contributed by atoms with E-state index in [1.165, 1.54) is 12.8 Å². The van der Waals surface area contributed by atoms with Gasteiger partial charge in [-0.05, 0) is 37.8 Å². The summed E-state index contributed by atoms with van der Waals surface area (Å²) in [6.07, 6.45) is 4.78. The predicted molar refractivity (Wildman–Crippen MR) is 69.5 cm³/mol. The molecule has 0 bridgehead atoms. The quantitative estimate of drug-likeness (QED) is 0.766. The number of rotatable bonds is 3. The van der Waals surface area contributed by atoms with Gasteiger partial charge in [-0.3, -0.25) is 0 Å². The number of benzene rings is 1. The van der Waals surface area contributed by atoms with Crippen LogP contribution in [0.4, 0.5) is 0 Å². The maximum Gasteiger partial charge on any atom is 0.338 e. The molecule has 0 amide bonds. The zero-order valence-corrected chi connectivity index (χ0v) is 10.5. The van der Waals surface area contributed by atoms with Gasteiger partial charge in [0.25, 0.3) is 0 Å². The first-order chi connectivity index (χ1) is 8.83. The molecule has 3 nitrogen and oxygen atoms in total. The van der Waals surface area contributed by atoms with Gasteiger partial charge < -0.3 is 9.64 Å². The fourth-order valence-corrected chi connectivity index (χ4v) is 2.59. The van der Waals surface area contributed by atoms with Gasteiger partial charge >= 0.3 is 5.97 Å². The number of hydrogen-bond donors (Lipinski definition) is 0. The Hall–Kier alpha value is -1.35. The zero-order valence-electron chi connectivity index (χ0n) is 10.5. The van der Waals surface area contributed by atoms with E-state index in [4.69, 9.17) is 4.74 Å². The van der Waals surface area contributed by atoms with Crippen molar-refractivity contribution in [2.75, 3.05) is 13.1 Å². The minimum absolute atomic E-state index is 0.104. The summed E-state index contributed by atoms with van der Waals surface area (Å²) in [4.78, 5) is 14.4. The molecule has 1 aliphatic heterocycles. The van der Waals surface area contributed by atoms with Crippen LogP contribution in [0.5, 0.6) is 0 Å². The Bertz CT molecular complexity index is 406. The molecular weight excluding hydrogens is 226 g/mol. The molecule has 0 radical (unpaired) electrons. The van der Waals surface area contributed by atoms with Crippen LogP contribution in [0.3, 0.4) is 0 Å². The van der Waals surface area contributed by atoms with Crippen molar-refractivity contribution in [3.63, 3.8) is 0 Å². The SMILES string of the molecule is O=C(OC1CCN(C2CC2)CC1)c1ccccc1. The smallest absolute Gasteiger partial charge is 0.338 e. The summed E-state index contributed by atoms with van der Waals surface area (Å²) < 4.78 is 5.56. The van der Waals surface area contributed by atoms with E-state index in [1.807, 2.05) is 30.3 Å². The van der Waals surface area contributed by atoms with Gasteiger partial charge in [0.1, 0.15) is 6.10 Å². The summed E-state index contributed by atoms with van der Waals surface area (Å²) in [6, 6.07) is 10.1. The van der Waals surface area contributed by atoms with E-state index in [2.05, 4.69) is 4.90 Å². The maximum atomic E-state index is 11.9. The van der Waals surface area contributed by atoms with Crippen molar-refractivity contribution in [2.45, 2.75) is 37.8 Å². The molecule has 1 aromatic rings. The molecule has 0 spiro atoms. The van der Waals surface area contributed by atoms with Crippen LogP contribution in [0, 0.1) is 0 Å². The van der Waals surface area contributed by atoms with Crippen LogP contribution in [0.2, 0.25) is 0 Å². The first-order valence-electron chi connectivity index (χ1n) is 6.83. The number of likely N-dealkylation sites (tertiary alicyclic amines) is 1. The number of carbonyl (C=O) groups excluding carboxylic acids is 1. The Morgan fingerprint density at radius 2 is 1.72 bits per heavy atom. The molecule has 0 aromatic heterocycles. The first-order valence-corrected chi connectivity index (χ1v) is 6.83. The van der Waals surface area contributed by atoms with Crippen molar-refractivity contribution in [3.8, 4) is 0 Å². The molecule has 2 fully saturated rings. The average Bonchev–Trinajstić information content (AvgIpc) is 3.25. The summed E-state index contributed by atoms with van der Waals surface area (Å²) >= 11 is 0. The molecule has 1 aliphatic carbocycles. The highest BCUT2D eigenvalue weighted by atomic mass is 16.5. The van der Waals surface area contributed by atoms with Gasteiger partial charge in [-0.2, -0.15) is 0 Å². The third kappa shape index (κ3) is 2.72. The van der Waals surface area contributed by atoms with Crippen LogP contribution >= 0.6 is 0 Å². The third-order valence-electron chi connectivity index (χ3n) is 3.82. The van der Waals surface area contributed by atoms with Crippen LogP contribution in [0.1, 0.15) is 36.0 Å². The molecule has 0 atom stereocenters. The summed E-state index contributed by atoms with van der Waals surface area (Å²) in [5, 5.41) is 0. The van der Waals surface area contributed by atoms with Gasteiger partial charge in [-0.1, -0.05) is 18.2 Å². The Morgan fingerprint density at radius 3 is 2.33 bits per heavy atom. The molecule has 1 saturated heterocycles. The molecular formula is C15H19NO2. The summed E-state index contributed by atoms with van der Waals surface area (Å²) in [5.41, 5.74) is 0.655. The number of ether oxygens (including phenoxy) is 1. The van der Waals surface area contributed by atoms with E-state index in [0.29, 0.717) is 5.56 Å². The lowest BCUT2D eigenvalue weighted by Gasteiger charge is -2.31.